The van der Waals surface area contributed by atoms with Gasteiger partial charge in [-0.1, -0.05) is 68.2 Å². The van der Waals surface area contributed by atoms with Gasteiger partial charge in [-0.25, -0.2) is 8.42 Å². The van der Waals surface area contributed by atoms with Crippen LogP contribution in [0.4, 0.5) is 0 Å². The smallest absolute Gasteiger partial charge is 0.227 e. The van der Waals surface area contributed by atoms with Crippen molar-refractivity contribution in [2.24, 2.45) is 17.3 Å². The SMILES string of the molecule is CCc1ccc(CN(C(=O)[C@H]2[C@H](C=C(Cl)Cl)C2(C)C)[C@@H]2CCS(=O)(=O)C2)cc1. The lowest BCUT2D eigenvalue weighted by Gasteiger charge is -2.29. The molecule has 0 N–H and O–H groups in total. The van der Waals surface area contributed by atoms with Crippen LogP contribution in [-0.4, -0.2) is 36.8 Å². The number of halogens is 2. The first-order valence-corrected chi connectivity index (χ1v) is 12.2. The molecule has 1 aromatic carbocycles. The molecule has 0 radical (unpaired) electrons. The van der Waals surface area contributed by atoms with Gasteiger partial charge in [-0.3, -0.25) is 4.79 Å². The minimum absolute atomic E-state index is 0.0116. The fraction of sp³-hybridized carbons (Fsp3) is 0.571. The van der Waals surface area contributed by atoms with E-state index in [4.69, 9.17) is 23.2 Å². The first-order valence-electron chi connectivity index (χ1n) is 9.66. The summed E-state index contributed by atoms with van der Waals surface area (Å²) in [4.78, 5) is 15.2. The molecule has 0 aromatic heterocycles. The van der Waals surface area contributed by atoms with Crippen molar-refractivity contribution in [3.05, 3.63) is 46.0 Å². The van der Waals surface area contributed by atoms with Crippen molar-refractivity contribution in [3.63, 3.8) is 0 Å². The van der Waals surface area contributed by atoms with E-state index in [1.807, 2.05) is 26.0 Å². The number of nitrogens with zero attached hydrogens (tertiary/aromatic N) is 1. The molecule has 1 aliphatic carbocycles. The van der Waals surface area contributed by atoms with Crippen LogP contribution >= 0.6 is 23.2 Å². The number of benzene rings is 1. The van der Waals surface area contributed by atoms with Gasteiger partial charge < -0.3 is 4.90 Å². The van der Waals surface area contributed by atoms with Gasteiger partial charge in [0.05, 0.1) is 17.4 Å². The maximum Gasteiger partial charge on any atom is 0.227 e. The van der Waals surface area contributed by atoms with E-state index in [-0.39, 0.29) is 45.2 Å². The highest BCUT2D eigenvalue weighted by Crippen LogP contribution is 2.60. The van der Waals surface area contributed by atoms with Crippen LogP contribution in [0.3, 0.4) is 0 Å². The van der Waals surface area contributed by atoms with Crippen molar-refractivity contribution >= 4 is 38.9 Å². The third-order valence-corrected chi connectivity index (χ3v) is 8.20. The van der Waals surface area contributed by atoms with Crippen LogP contribution < -0.4 is 0 Å². The summed E-state index contributed by atoms with van der Waals surface area (Å²) in [6, 6.07) is 7.88. The number of allylic oxidation sites excluding steroid dienone is 1. The lowest BCUT2D eigenvalue weighted by Crippen LogP contribution is -2.42. The first kappa shape index (κ1) is 21.7. The van der Waals surface area contributed by atoms with Crippen molar-refractivity contribution in [1.29, 1.82) is 0 Å². The second-order valence-electron chi connectivity index (χ2n) is 8.47. The minimum atomic E-state index is -3.09. The fourth-order valence-electron chi connectivity index (χ4n) is 4.26. The summed E-state index contributed by atoms with van der Waals surface area (Å²) >= 11 is 11.7. The number of sulfone groups is 1. The molecular formula is C21H27Cl2NO3S. The van der Waals surface area contributed by atoms with E-state index in [0.29, 0.717) is 13.0 Å². The molecule has 1 aromatic rings. The van der Waals surface area contributed by atoms with Gasteiger partial charge in [0.25, 0.3) is 0 Å². The highest BCUT2D eigenvalue weighted by molar-refractivity contribution is 7.91. The molecule has 0 spiro atoms. The Hall–Kier alpha value is -1.04. The molecule has 3 rings (SSSR count). The first-order chi connectivity index (χ1) is 13.0. The van der Waals surface area contributed by atoms with Crippen LogP contribution in [0.25, 0.3) is 0 Å². The van der Waals surface area contributed by atoms with Crippen molar-refractivity contribution < 1.29 is 13.2 Å². The van der Waals surface area contributed by atoms with Gasteiger partial charge in [0.15, 0.2) is 9.84 Å². The zero-order valence-corrected chi connectivity index (χ0v) is 18.8. The summed E-state index contributed by atoms with van der Waals surface area (Å²) in [5.74, 6) is -0.106. The molecule has 28 heavy (non-hydrogen) atoms. The van der Waals surface area contributed by atoms with Crippen LogP contribution in [0.1, 0.15) is 38.3 Å². The van der Waals surface area contributed by atoms with Crippen LogP contribution in [0.2, 0.25) is 0 Å². The van der Waals surface area contributed by atoms with Crippen molar-refractivity contribution in [2.75, 3.05) is 11.5 Å². The van der Waals surface area contributed by atoms with Gasteiger partial charge >= 0.3 is 0 Å². The summed E-state index contributed by atoms with van der Waals surface area (Å²) in [5, 5.41) is 0. The Balaban J connectivity index is 1.86. The largest absolute Gasteiger partial charge is 0.334 e. The van der Waals surface area contributed by atoms with Gasteiger partial charge in [0.2, 0.25) is 5.91 Å². The molecule has 1 saturated heterocycles. The Morgan fingerprint density at radius 2 is 1.82 bits per heavy atom. The molecule has 1 amide bonds. The molecule has 2 fully saturated rings. The van der Waals surface area contributed by atoms with Gasteiger partial charge in [-0.05, 0) is 41.4 Å². The predicted molar refractivity (Wildman–Crippen MR) is 114 cm³/mol. The molecule has 1 aliphatic heterocycles. The summed E-state index contributed by atoms with van der Waals surface area (Å²) in [6.07, 6.45) is 3.17. The van der Waals surface area contributed by atoms with E-state index in [1.165, 1.54) is 5.56 Å². The van der Waals surface area contributed by atoms with E-state index in [1.54, 1.807) is 11.0 Å². The zero-order valence-electron chi connectivity index (χ0n) is 16.5. The molecule has 154 valence electrons. The fourth-order valence-corrected chi connectivity index (χ4v) is 6.26. The third-order valence-electron chi connectivity index (χ3n) is 6.20. The normalized spacial score (nSPS) is 27.2. The maximum atomic E-state index is 13.5. The minimum Gasteiger partial charge on any atom is -0.334 e. The van der Waals surface area contributed by atoms with Crippen LogP contribution in [0, 0.1) is 17.3 Å². The van der Waals surface area contributed by atoms with Crippen molar-refractivity contribution in [3.8, 4) is 0 Å². The van der Waals surface area contributed by atoms with Crippen molar-refractivity contribution in [2.45, 2.75) is 46.2 Å². The van der Waals surface area contributed by atoms with Gasteiger partial charge in [0, 0.05) is 12.6 Å². The number of carbonyl (C=O) groups excluding carboxylic acids is 1. The third kappa shape index (κ3) is 4.58. The van der Waals surface area contributed by atoms with Gasteiger partial charge in [0.1, 0.15) is 4.49 Å². The Labute approximate surface area is 177 Å². The molecule has 1 saturated carbocycles. The highest BCUT2D eigenvalue weighted by Gasteiger charge is 2.62. The average molecular weight is 444 g/mol. The number of rotatable bonds is 6. The predicted octanol–water partition coefficient (Wildman–Crippen LogP) is 4.36. The highest BCUT2D eigenvalue weighted by atomic mass is 35.5. The summed E-state index contributed by atoms with van der Waals surface area (Å²) in [5.41, 5.74) is 2.00. The second kappa shape index (κ2) is 8.00. The standard InChI is InChI=1S/C21H27Cl2NO3S/c1-4-14-5-7-15(8-6-14)12-24(16-9-10-28(26,27)13-16)20(25)19-17(11-18(22)23)21(19,2)3/h5-8,11,16-17,19H,4,9-10,12-13H2,1-3H3/t16-,17+,19-/m1/s1. The van der Waals surface area contributed by atoms with E-state index >= 15 is 0 Å². The topological polar surface area (TPSA) is 54.5 Å². The molecule has 7 heteroatoms. The molecule has 0 unspecified atom stereocenters. The van der Waals surface area contributed by atoms with E-state index < -0.39 is 9.84 Å². The molecule has 4 nitrogen and oxygen atoms in total. The van der Waals surface area contributed by atoms with E-state index in [0.717, 1.165) is 12.0 Å². The summed E-state index contributed by atoms with van der Waals surface area (Å²) in [6.45, 7) is 6.56. The number of hydrogen-bond acceptors (Lipinski definition) is 3. The van der Waals surface area contributed by atoms with E-state index in [2.05, 4.69) is 19.1 Å². The van der Waals surface area contributed by atoms with Crippen LogP contribution in [-0.2, 0) is 27.6 Å². The molecule has 1 heterocycles. The number of amides is 1. The quantitative estimate of drug-likeness (QED) is 0.656. The maximum absolute atomic E-state index is 13.5. The van der Waals surface area contributed by atoms with Gasteiger partial charge in [-0.15, -0.1) is 0 Å². The summed E-state index contributed by atoms with van der Waals surface area (Å²) < 4.78 is 24.3. The Morgan fingerprint density at radius 1 is 1.21 bits per heavy atom. The average Bonchev–Trinajstić information content (AvgIpc) is 2.95. The lowest BCUT2D eigenvalue weighted by molar-refractivity contribution is -0.136. The number of carbonyl (C=O) groups is 1. The molecule has 0 bridgehead atoms. The second-order valence-corrected chi connectivity index (χ2v) is 11.7. The lowest BCUT2D eigenvalue weighted by atomic mass is 10.1. The summed E-state index contributed by atoms with van der Waals surface area (Å²) in [7, 11) is -3.09. The Bertz CT molecular complexity index is 873. The van der Waals surface area contributed by atoms with Gasteiger partial charge in [-0.2, -0.15) is 0 Å². The molecule has 2 aliphatic rings. The zero-order chi connectivity index (χ0) is 20.7. The number of aryl methyl sites for hydroxylation is 1. The molecular weight excluding hydrogens is 417 g/mol. The van der Waals surface area contributed by atoms with E-state index in [9.17, 15) is 13.2 Å². The molecule has 3 atom stereocenters. The van der Waals surface area contributed by atoms with Crippen LogP contribution in [0.5, 0.6) is 0 Å². The van der Waals surface area contributed by atoms with Crippen molar-refractivity contribution in [1.82, 2.24) is 4.90 Å². The Morgan fingerprint density at radius 3 is 2.32 bits per heavy atom. The van der Waals surface area contributed by atoms with Crippen LogP contribution in [0.15, 0.2) is 34.8 Å². The monoisotopic (exact) mass is 443 g/mol. The number of hydrogen-bond donors (Lipinski definition) is 0. The Kier molecular flexibility index (Phi) is 6.19.